The Bertz CT molecular complexity index is 425. The molecule has 2 nitrogen and oxygen atoms in total. The molecule has 0 aromatic heterocycles. The first-order chi connectivity index (χ1) is 8.88. The predicted molar refractivity (Wildman–Crippen MR) is 77.6 cm³/mol. The molecule has 2 unspecified atom stereocenters. The van der Waals surface area contributed by atoms with Gasteiger partial charge in [0.2, 0.25) is 0 Å². The normalized spacial score (nSPS) is 23.3. The molecule has 1 heterocycles. The number of piperazine rings is 1. The smallest absolute Gasteiger partial charge is 0.123 e. The molecule has 106 valence electrons. The van der Waals surface area contributed by atoms with Crippen LogP contribution in [-0.2, 0) is 0 Å². The van der Waals surface area contributed by atoms with E-state index in [-0.39, 0.29) is 17.3 Å². The third kappa shape index (κ3) is 3.54. The van der Waals surface area contributed by atoms with Gasteiger partial charge in [0.15, 0.2) is 0 Å². The van der Waals surface area contributed by atoms with Crippen LogP contribution in [0.5, 0.6) is 0 Å². The van der Waals surface area contributed by atoms with Crippen molar-refractivity contribution in [2.24, 2.45) is 5.41 Å². The van der Waals surface area contributed by atoms with Gasteiger partial charge in [-0.1, -0.05) is 32.9 Å². The van der Waals surface area contributed by atoms with Crippen LogP contribution in [0.15, 0.2) is 24.3 Å². The highest BCUT2D eigenvalue weighted by Gasteiger charge is 2.31. The van der Waals surface area contributed by atoms with Crippen molar-refractivity contribution in [3.05, 3.63) is 35.6 Å². The molecule has 1 aliphatic heterocycles. The van der Waals surface area contributed by atoms with Gasteiger partial charge in [0, 0.05) is 31.7 Å². The van der Waals surface area contributed by atoms with Gasteiger partial charge in [-0.2, -0.15) is 0 Å². The van der Waals surface area contributed by atoms with Crippen LogP contribution in [0.1, 0.15) is 39.3 Å². The van der Waals surface area contributed by atoms with Crippen LogP contribution >= 0.6 is 0 Å². The van der Waals surface area contributed by atoms with E-state index in [0.29, 0.717) is 6.04 Å². The minimum Gasteiger partial charge on any atom is -0.311 e. The van der Waals surface area contributed by atoms with Gasteiger partial charge in [-0.15, -0.1) is 0 Å². The maximum absolute atomic E-state index is 13.3. The lowest BCUT2D eigenvalue weighted by Crippen LogP contribution is -2.56. The molecular formula is C16H25FN2. The molecule has 3 heteroatoms. The zero-order valence-electron chi connectivity index (χ0n) is 12.4. The number of benzene rings is 1. The van der Waals surface area contributed by atoms with Gasteiger partial charge in [0.25, 0.3) is 0 Å². The first kappa shape index (κ1) is 14.5. The number of rotatable bonds is 2. The predicted octanol–water partition coefficient (Wildman–Crippen LogP) is 3.21. The molecule has 1 aliphatic rings. The van der Waals surface area contributed by atoms with Gasteiger partial charge in [-0.05, 0) is 30.0 Å². The van der Waals surface area contributed by atoms with E-state index in [1.807, 2.05) is 6.07 Å². The average molecular weight is 264 g/mol. The quantitative estimate of drug-likeness (QED) is 0.882. The van der Waals surface area contributed by atoms with Crippen LogP contribution in [0.4, 0.5) is 4.39 Å². The van der Waals surface area contributed by atoms with Crippen LogP contribution in [0, 0.1) is 11.2 Å². The Hall–Kier alpha value is -0.930. The van der Waals surface area contributed by atoms with E-state index in [2.05, 4.69) is 37.9 Å². The van der Waals surface area contributed by atoms with E-state index in [4.69, 9.17) is 0 Å². The first-order valence-electron chi connectivity index (χ1n) is 7.11. The maximum Gasteiger partial charge on any atom is 0.123 e. The van der Waals surface area contributed by atoms with Gasteiger partial charge in [0.1, 0.15) is 5.82 Å². The second-order valence-electron chi connectivity index (χ2n) is 6.60. The van der Waals surface area contributed by atoms with Crippen molar-refractivity contribution in [2.45, 2.75) is 39.8 Å². The molecule has 0 spiro atoms. The summed E-state index contributed by atoms with van der Waals surface area (Å²) in [6, 6.07) is 7.72. The molecule has 0 amide bonds. The van der Waals surface area contributed by atoms with Crippen molar-refractivity contribution in [3.8, 4) is 0 Å². The largest absolute Gasteiger partial charge is 0.311 e. The van der Waals surface area contributed by atoms with Crippen molar-refractivity contribution >= 4 is 0 Å². The second kappa shape index (κ2) is 5.59. The lowest BCUT2D eigenvalue weighted by Gasteiger charge is -2.43. The maximum atomic E-state index is 13.3. The molecule has 1 aromatic carbocycles. The van der Waals surface area contributed by atoms with E-state index in [9.17, 15) is 4.39 Å². The minimum absolute atomic E-state index is 0.146. The van der Waals surface area contributed by atoms with Crippen molar-refractivity contribution in [1.82, 2.24) is 10.2 Å². The van der Waals surface area contributed by atoms with Gasteiger partial charge in [0.05, 0.1) is 0 Å². The molecule has 0 saturated carbocycles. The Labute approximate surface area is 116 Å². The van der Waals surface area contributed by atoms with E-state index in [0.717, 1.165) is 25.2 Å². The highest BCUT2D eigenvalue weighted by Crippen LogP contribution is 2.27. The Morgan fingerprint density at radius 2 is 2.11 bits per heavy atom. The fraction of sp³-hybridized carbons (Fsp3) is 0.625. The van der Waals surface area contributed by atoms with Crippen molar-refractivity contribution in [3.63, 3.8) is 0 Å². The first-order valence-corrected chi connectivity index (χ1v) is 7.11. The molecule has 1 N–H and O–H groups in total. The molecule has 19 heavy (non-hydrogen) atoms. The van der Waals surface area contributed by atoms with Crippen LogP contribution in [0.25, 0.3) is 0 Å². The molecule has 2 rings (SSSR count). The van der Waals surface area contributed by atoms with Gasteiger partial charge < -0.3 is 5.32 Å². The fourth-order valence-corrected chi connectivity index (χ4v) is 2.68. The third-order valence-electron chi connectivity index (χ3n) is 4.13. The lowest BCUT2D eigenvalue weighted by molar-refractivity contribution is 0.104. The summed E-state index contributed by atoms with van der Waals surface area (Å²) in [5.74, 6) is -0.146. The molecule has 0 aliphatic carbocycles. The zero-order chi connectivity index (χ0) is 14.0. The summed E-state index contributed by atoms with van der Waals surface area (Å²) >= 11 is 0. The van der Waals surface area contributed by atoms with Crippen molar-refractivity contribution in [2.75, 3.05) is 19.6 Å². The Kier molecular flexibility index (Phi) is 4.26. The number of nitrogens with zero attached hydrogens (tertiary/aromatic N) is 1. The monoisotopic (exact) mass is 264 g/mol. The molecule has 2 atom stereocenters. The summed E-state index contributed by atoms with van der Waals surface area (Å²) in [5.41, 5.74) is 1.31. The Balaban J connectivity index is 2.09. The average Bonchev–Trinajstić information content (AvgIpc) is 2.37. The van der Waals surface area contributed by atoms with E-state index >= 15 is 0 Å². The number of nitrogens with one attached hydrogen (secondary N) is 1. The SMILES string of the molecule is CC(c1cccc(F)c1)N1CCNC(C(C)(C)C)C1. The minimum atomic E-state index is -0.146. The number of hydrogen-bond acceptors (Lipinski definition) is 2. The van der Waals surface area contributed by atoms with E-state index in [1.165, 1.54) is 6.07 Å². The summed E-state index contributed by atoms with van der Waals surface area (Å²) in [4.78, 5) is 2.45. The van der Waals surface area contributed by atoms with Gasteiger partial charge >= 0.3 is 0 Å². The fourth-order valence-electron chi connectivity index (χ4n) is 2.68. The standard InChI is InChI=1S/C16H25FN2/c1-12(13-6-5-7-14(17)10-13)19-9-8-18-15(11-19)16(2,3)4/h5-7,10,12,15,18H,8-9,11H2,1-4H3. The van der Waals surface area contributed by atoms with Crippen LogP contribution in [0.2, 0.25) is 0 Å². The van der Waals surface area contributed by atoms with Gasteiger partial charge in [-0.3, -0.25) is 4.90 Å². The van der Waals surface area contributed by atoms with Crippen LogP contribution in [0.3, 0.4) is 0 Å². The zero-order valence-corrected chi connectivity index (χ0v) is 12.4. The number of halogens is 1. The highest BCUT2D eigenvalue weighted by atomic mass is 19.1. The molecule has 0 radical (unpaired) electrons. The number of hydrogen-bond donors (Lipinski definition) is 1. The Morgan fingerprint density at radius 3 is 2.74 bits per heavy atom. The summed E-state index contributed by atoms with van der Waals surface area (Å²) in [6.45, 7) is 12.0. The Morgan fingerprint density at radius 1 is 1.37 bits per heavy atom. The summed E-state index contributed by atoms with van der Waals surface area (Å²) in [5, 5.41) is 3.59. The molecule has 0 bridgehead atoms. The highest BCUT2D eigenvalue weighted by molar-refractivity contribution is 5.20. The second-order valence-corrected chi connectivity index (χ2v) is 6.60. The van der Waals surface area contributed by atoms with Crippen LogP contribution < -0.4 is 5.32 Å². The van der Waals surface area contributed by atoms with Crippen molar-refractivity contribution < 1.29 is 4.39 Å². The van der Waals surface area contributed by atoms with E-state index in [1.54, 1.807) is 12.1 Å². The van der Waals surface area contributed by atoms with E-state index < -0.39 is 0 Å². The molecule has 1 saturated heterocycles. The van der Waals surface area contributed by atoms with Gasteiger partial charge in [-0.25, -0.2) is 4.39 Å². The summed E-state index contributed by atoms with van der Waals surface area (Å²) < 4.78 is 13.3. The third-order valence-corrected chi connectivity index (χ3v) is 4.13. The molecule has 1 aromatic rings. The lowest BCUT2D eigenvalue weighted by atomic mass is 9.85. The molecule has 1 fully saturated rings. The van der Waals surface area contributed by atoms with Crippen molar-refractivity contribution in [1.29, 1.82) is 0 Å². The topological polar surface area (TPSA) is 15.3 Å². The summed E-state index contributed by atoms with van der Waals surface area (Å²) in [7, 11) is 0. The summed E-state index contributed by atoms with van der Waals surface area (Å²) in [6.07, 6.45) is 0. The molecular weight excluding hydrogens is 239 g/mol. The van der Waals surface area contributed by atoms with Crippen LogP contribution in [-0.4, -0.2) is 30.6 Å².